The lowest BCUT2D eigenvalue weighted by atomic mass is 9.41. The number of likely N-dealkylation sites (tertiary alicyclic amines) is 2. The van der Waals surface area contributed by atoms with Crippen molar-refractivity contribution < 1.29 is 71.0 Å². The van der Waals surface area contributed by atoms with E-state index in [0.717, 1.165) is 122 Å². The van der Waals surface area contributed by atoms with Gasteiger partial charge in [-0.3, -0.25) is 0 Å². The largest absolute Gasteiger partial charge is 0.446 e. The van der Waals surface area contributed by atoms with Gasteiger partial charge in [-0.25, -0.2) is 27.6 Å². The van der Waals surface area contributed by atoms with Crippen molar-refractivity contribution in [2.75, 3.05) is 57.9 Å². The lowest BCUT2D eigenvalue weighted by Crippen LogP contribution is -2.60. The number of ether oxygens (including phenoxy) is 7. The van der Waals surface area contributed by atoms with E-state index in [1.165, 1.54) is 31.9 Å². The predicted octanol–water partition coefficient (Wildman–Crippen LogP) is 12.7. The average molecular weight is 1390 g/mol. The first-order valence-corrected chi connectivity index (χ1v) is 41.3. The number of rotatable bonds is 13. The Labute approximate surface area is 586 Å². The highest BCUT2D eigenvalue weighted by molar-refractivity contribution is 7.90. The summed E-state index contributed by atoms with van der Waals surface area (Å²) in [5, 5.41) is 31.1. The van der Waals surface area contributed by atoms with Gasteiger partial charge in [0, 0.05) is 67.2 Å². The maximum atomic E-state index is 13.0. The summed E-state index contributed by atoms with van der Waals surface area (Å²) in [6.45, 7) is 36.8. The molecule has 10 aliphatic carbocycles. The molecule has 4 N–H and O–H groups in total. The molecule has 27 atom stereocenters. The van der Waals surface area contributed by atoms with Crippen molar-refractivity contribution in [1.82, 2.24) is 20.4 Å². The van der Waals surface area contributed by atoms with E-state index in [-0.39, 0.29) is 163 Å². The molecule has 15 fully saturated rings. The minimum Gasteiger partial charge on any atom is -0.446 e. The Kier molecular flexibility index (Phi) is 18.1. The summed E-state index contributed by atoms with van der Waals surface area (Å²) in [5.74, 6) is 3.30. The van der Waals surface area contributed by atoms with Crippen LogP contribution in [0.1, 0.15) is 225 Å². The Morgan fingerprint density at radius 1 is 0.571 bits per heavy atom. The molecule has 4 amide bonds. The van der Waals surface area contributed by atoms with Crippen molar-refractivity contribution in [3.05, 3.63) is 0 Å². The number of amides is 4. The number of nitrogens with zero attached hydrogens (tertiary/aromatic N) is 2. The first-order chi connectivity index (χ1) is 46.0. The van der Waals surface area contributed by atoms with Gasteiger partial charge < -0.3 is 63.8 Å². The third-order valence-corrected chi connectivity index (χ3v) is 34.0. The number of carbonyl (C=O) groups is 4. The van der Waals surface area contributed by atoms with Crippen LogP contribution in [0.25, 0.3) is 0 Å². The van der Waals surface area contributed by atoms with Crippen LogP contribution in [0, 0.1) is 113 Å². The normalized spacial score (nSPS) is 48.3. The van der Waals surface area contributed by atoms with Gasteiger partial charge in [0.1, 0.15) is 34.3 Å². The van der Waals surface area contributed by atoms with Crippen molar-refractivity contribution in [1.29, 1.82) is 0 Å². The van der Waals surface area contributed by atoms with Gasteiger partial charge in [0.05, 0.1) is 55.0 Å². The van der Waals surface area contributed by atoms with Crippen LogP contribution in [0.3, 0.4) is 0 Å². The lowest BCUT2D eigenvalue weighted by Gasteiger charge is -2.63. The van der Waals surface area contributed by atoms with Crippen LogP contribution < -0.4 is 10.6 Å². The molecule has 10 saturated carbocycles. The number of hydrogen-bond acceptors (Lipinski definition) is 15. The van der Waals surface area contributed by atoms with Crippen molar-refractivity contribution >= 4 is 34.2 Å². The van der Waals surface area contributed by atoms with Gasteiger partial charge >= 0.3 is 24.4 Å². The zero-order valence-corrected chi connectivity index (χ0v) is 63.2. The first kappa shape index (κ1) is 71.8. The number of sulfone groups is 1. The first-order valence-electron chi connectivity index (χ1n) is 39.3. The molecule has 19 nitrogen and oxygen atoms in total. The Morgan fingerprint density at radius 3 is 1.38 bits per heavy atom. The zero-order chi connectivity index (χ0) is 70.3. The standard InChI is InChI=1S/C39H64N2O8S.C39H62N2O7/c1-23(2)30(49-34(44)41-18-10-19-41)25-21-24(3)29-31(47-25)32(42)37(7)27-12-11-26-35(4,5)28(48-33(43)40-17-9-20-50(8,45)46)13-14-38(26)22-39(27,38)16-15-36(29,37)6;1-22(2)30(48-34(44)41-16-8-17-41)25-19-23(3)29-31(46-25)32(42)37(7)27-10-9-26-35(4,5)28(47-33(43)40-24-12-18-45-20-24)11-13-38(26)21-39(27,38)15-14-36(29,37)6/h23-32,42H,9-22H2,1-8H3,(H,40,43);22-32,42H,8-21H2,1-7H3,(H,40,43)/t24-,25?,26+,27?,28?,29+,30-,31?,32+,36-,37-,38-,39+;23-,24-,25?,26+,27?,28?,29+,30-,31?,32+,36-,37-,38-,39+/m11/s1. The summed E-state index contributed by atoms with van der Waals surface area (Å²) in [4.78, 5) is 55.2. The van der Waals surface area contributed by atoms with Crippen LogP contribution in [-0.2, 0) is 43.0 Å². The number of alkyl carbamates (subject to hydrolysis) is 2. The van der Waals surface area contributed by atoms with Crippen molar-refractivity contribution in [3.8, 4) is 0 Å². The van der Waals surface area contributed by atoms with E-state index >= 15 is 0 Å². The van der Waals surface area contributed by atoms with E-state index in [4.69, 9.17) is 33.2 Å². The van der Waals surface area contributed by atoms with Crippen molar-refractivity contribution in [2.45, 2.75) is 292 Å². The quantitative estimate of drug-likeness (QED) is 0.0991. The highest BCUT2D eigenvalue weighted by Gasteiger charge is 2.87. The van der Waals surface area contributed by atoms with Gasteiger partial charge in [-0.1, -0.05) is 96.9 Å². The molecule has 4 spiro atoms. The Hall–Kier alpha value is -3.17. The topological polar surface area (TPSA) is 238 Å². The molecular weight excluding hydrogens is 1260 g/mol. The molecule has 98 heavy (non-hydrogen) atoms. The number of nitrogens with one attached hydrogen (secondary N) is 2. The number of carbonyl (C=O) groups excluding carboxylic acids is 4. The second-order valence-electron chi connectivity index (χ2n) is 38.4. The summed E-state index contributed by atoms with van der Waals surface area (Å²) >= 11 is 0. The summed E-state index contributed by atoms with van der Waals surface area (Å²) in [6, 6.07) is 0.0510. The molecular formula is C78H126N4O15S. The van der Waals surface area contributed by atoms with E-state index < -0.39 is 28.1 Å². The molecule has 15 rings (SSSR count). The summed E-state index contributed by atoms with van der Waals surface area (Å²) in [6.07, 6.45) is 17.2. The monoisotopic (exact) mass is 1390 g/mol. The summed E-state index contributed by atoms with van der Waals surface area (Å²) in [7, 11) is -3.07. The fourth-order valence-corrected chi connectivity index (χ4v) is 28.5. The number of aliphatic hydroxyl groups is 2. The fourth-order valence-electron chi connectivity index (χ4n) is 27.8. The zero-order valence-electron chi connectivity index (χ0n) is 62.4. The number of hydrogen-bond donors (Lipinski definition) is 4. The van der Waals surface area contributed by atoms with Crippen LogP contribution in [0.5, 0.6) is 0 Å². The van der Waals surface area contributed by atoms with E-state index in [0.29, 0.717) is 55.1 Å². The van der Waals surface area contributed by atoms with E-state index in [9.17, 15) is 37.8 Å². The summed E-state index contributed by atoms with van der Waals surface area (Å²) < 4.78 is 67.0. The van der Waals surface area contributed by atoms with Gasteiger partial charge in [-0.05, 0) is 220 Å². The highest BCUT2D eigenvalue weighted by Crippen LogP contribution is 2.91. The SMILES string of the molecule is CC(C)[C@@H](OC(=O)N1CCC1)C1C[C@@H](C)[C@H]2C(O1)[C@H](O)[C@@]1(C)C3CC[C@H]4C(C)(C)C(OC(=O)NCCCS(C)(=O)=O)CC[C@@]45C[C@@]35CC[C@]21C.CC(C)[C@@H](OC(=O)N1CCC1)C1C[C@@H](C)[C@H]2C(O1)[C@H](O)[C@@]1(C)C3CC[C@H]4C(C)(C)C(OC(=O)N[C@@H]5CCOC5)CC[C@@]45C[C@@]35CC[C@]21C. The van der Waals surface area contributed by atoms with Gasteiger partial charge in [-0.2, -0.15) is 0 Å². The maximum Gasteiger partial charge on any atom is 0.410 e. The molecule has 5 saturated heterocycles. The molecule has 0 bridgehead atoms. The second-order valence-corrected chi connectivity index (χ2v) is 40.6. The maximum absolute atomic E-state index is 13.0. The molecule has 0 aromatic carbocycles. The molecule has 20 heteroatoms. The Balaban J connectivity index is 0.000000168. The molecule has 0 aromatic heterocycles. The second kappa shape index (κ2) is 24.7. The molecule has 0 radical (unpaired) electrons. The van der Waals surface area contributed by atoms with E-state index in [2.05, 4.69) is 108 Å². The van der Waals surface area contributed by atoms with Gasteiger partial charge in [0.25, 0.3) is 0 Å². The molecule has 554 valence electrons. The lowest BCUT2D eigenvalue weighted by molar-refractivity contribution is -0.185. The van der Waals surface area contributed by atoms with Gasteiger partial charge in [-0.15, -0.1) is 0 Å². The third kappa shape index (κ3) is 10.6. The smallest absolute Gasteiger partial charge is 0.410 e. The number of aliphatic hydroxyl groups excluding tert-OH is 2. The van der Waals surface area contributed by atoms with Crippen molar-refractivity contribution in [2.24, 2.45) is 113 Å². The number of fused-ring (bicyclic) bond motifs is 8. The molecule has 5 heterocycles. The van der Waals surface area contributed by atoms with Crippen LogP contribution in [0.15, 0.2) is 0 Å². The summed E-state index contributed by atoms with van der Waals surface area (Å²) in [5.41, 5.74) is -0.0281. The van der Waals surface area contributed by atoms with Crippen LogP contribution in [-0.4, -0.2) is 178 Å². The van der Waals surface area contributed by atoms with E-state index in [1.54, 1.807) is 9.80 Å². The van der Waals surface area contributed by atoms with Gasteiger partial charge in [0.15, 0.2) is 0 Å². The third-order valence-electron chi connectivity index (χ3n) is 33.0. The predicted molar refractivity (Wildman–Crippen MR) is 370 cm³/mol. The van der Waals surface area contributed by atoms with E-state index in [1.807, 2.05) is 0 Å². The fraction of sp³-hybridized carbons (Fsp3) is 0.949. The van der Waals surface area contributed by atoms with Gasteiger partial charge in [0.2, 0.25) is 0 Å². The Bertz CT molecular complexity index is 3170. The molecule has 15 aliphatic rings. The van der Waals surface area contributed by atoms with Crippen LogP contribution in [0.4, 0.5) is 19.2 Å². The van der Waals surface area contributed by atoms with Crippen LogP contribution >= 0.6 is 0 Å². The molecule has 0 aromatic rings. The molecule has 5 aliphatic heterocycles. The average Bonchev–Trinajstić information content (AvgIpc) is 1.46. The minimum absolute atomic E-state index is 0.0203. The minimum atomic E-state index is -3.07. The van der Waals surface area contributed by atoms with Crippen molar-refractivity contribution in [3.63, 3.8) is 0 Å². The highest BCUT2D eigenvalue weighted by atomic mass is 32.2. The van der Waals surface area contributed by atoms with Crippen LogP contribution in [0.2, 0.25) is 0 Å². The molecule has 8 unspecified atom stereocenters. The Morgan fingerprint density at radius 2 is 0.990 bits per heavy atom.